The van der Waals surface area contributed by atoms with E-state index >= 15 is 0 Å². The van der Waals surface area contributed by atoms with Gasteiger partial charge in [-0.3, -0.25) is 9.20 Å². The lowest BCUT2D eigenvalue weighted by Crippen LogP contribution is -2.09. The summed E-state index contributed by atoms with van der Waals surface area (Å²) in [6.07, 6.45) is 1.58. The molecule has 0 spiro atoms. The Bertz CT molecular complexity index is 727. The molecule has 2 aromatic heterocycles. The molecule has 16 heavy (non-hydrogen) atoms. The summed E-state index contributed by atoms with van der Waals surface area (Å²) >= 11 is 0. The van der Waals surface area contributed by atoms with Crippen LogP contribution in [-0.2, 0) is 0 Å². The van der Waals surface area contributed by atoms with Gasteiger partial charge in [0.2, 0.25) is 0 Å². The van der Waals surface area contributed by atoms with E-state index in [0.29, 0.717) is 5.52 Å². The SMILES string of the molecule is COc1cccc2c1cc1c(=O)[nH]ncn12. The van der Waals surface area contributed by atoms with E-state index in [4.69, 9.17) is 4.74 Å². The predicted octanol–water partition coefficient (Wildman–Crippen LogP) is 1.18. The number of aromatic nitrogens is 3. The van der Waals surface area contributed by atoms with E-state index in [1.54, 1.807) is 23.9 Å². The highest BCUT2D eigenvalue weighted by Crippen LogP contribution is 2.26. The zero-order valence-corrected chi connectivity index (χ0v) is 8.60. The largest absolute Gasteiger partial charge is 0.496 e. The summed E-state index contributed by atoms with van der Waals surface area (Å²) in [6.45, 7) is 0. The smallest absolute Gasteiger partial charge is 0.288 e. The molecule has 0 atom stereocenters. The van der Waals surface area contributed by atoms with Crippen molar-refractivity contribution in [2.24, 2.45) is 0 Å². The van der Waals surface area contributed by atoms with Gasteiger partial charge in [0.15, 0.2) is 0 Å². The zero-order chi connectivity index (χ0) is 11.1. The first-order valence-electron chi connectivity index (χ1n) is 4.83. The van der Waals surface area contributed by atoms with Gasteiger partial charge in [0.25, 0.3) is 5.56 Å². The lowest BCUT2D eigenvalue weighted by atomic mass is 10.2. The Kier molecular flexibility index (Phi) is 1.73. The van der Waals surface area contributed by atoms with Crippen molar-refractivity contribution < 1.29 is 4.74 Å². The number of nitrogens with zero attached hydrogens (tertiary/aromatic N) is 2. The van der Waals surface area contributed by atoms with E-state index in [2.05, 4.69) is 10.2 Å². The quantitative estimate of drug-likeness (QED) is 0.663. The second-order valence-corrected chi connectivity index (χ2v) is 3.48. The molecular weight excluding hydrogens is 206 g/mol. The molecule has 3 aromatic rings. The number of aromatic amines is 1. The van der Waals surface area contributed by atoms with Crippen LogP contribution in [-0.4, -0.2) is 21.7 Å². The third-order valence-corrected chi connectivity index (χ3v) is 2.64. The third kappa shape index (κ3) is 1.05. The fourth-order valence-electron chi connectivity index (χ4n) is 1.90. The number of nitrogens with one attached hydrogen (secondary N) is 1. The zero-order valence-electron chi connectivity index (χ0n) is 8.60. The van der Waals surface area contributed by atoms with E-state index in [9.17, 15) is 4.79 Å². The maximum Gasteiger partial charge on any atom is 0.288 e. The number of hydrogen-bond acceptors (Lipinski definition) is 3. The van der Waals surface area contributed by atoms with E-state index < -0.39 is 0 Å². The molecule has 0 aliphatic heterocycles. The van der Waals surface area contributed by atoms with Crippen LogP contribution in [0.2, 0.25) is 0 Å². The minimum absolute atomic E-state index is 0.208. The molecule has 0 aliphatic rings. The van der Waals surface area contributed by atoms with Gasteiger partial charge in [-0.25, -0.2) is 5.10 Å². The topological polar surface area (TPSA) is 59.4 Å². The van der Waals surface area contributed by atoms with Crippen LogP contribution in [0.15, 0.2) is 35.4 Å². The number of ether oxygens (including phenoxy) is 1. The van der Waals surface area contributed by atoms with Crippen LogP contribution in [0, 0.1) is 0 Å². The van der Waals surface area contributed by atoms with Crippen molar-refractivity contribution in [1.29, 1.82) is 0 Å². The molecule has 0 unspecified atom stereocenters. The fraction of sp³-hybridized carbons (Fsp3) is 0.0909. The normalized spacial score (nSPS) is 11.1. The van der Waals surface area contributed by atoms with Crippen molar-refractivity contribution in [3.63, 3.8) is 0 Å². The van der Waals surface area contributed by atoms with Crippen LogP contribution < -0.4 is 10.3 Å². The molecule has 5 nitrogen and oxygen atoms in total. The number of fused-ring (bicyclic) bond motifs is 3. The average molecular weight is 215 g/mol. The summed E-state index contributed by atoms with van der Waals surface area (Å²) in [6, 6.07) is 7.47. The molecule has 2 heterocycles. The van der Waals surface area contributed by atoms with Crippen molar-refractivity contribution in [3.8, 4) is 5.75 Å². The van der Waals surface area contributed by atoms with Gasteiger partial charge in [-0.05, 0) is 18.2 Å². The summed E-state index contributed by atoms with van der Waals surface area (Å²) in [5.41, 5.74) is 1.27. The number of hydrogen-bond donors (Lipinski definition) is 1. The molecule has 0 fully saturated rings. The van der Waals surface area contributed by atoms with Gasteiger partial charge in [0.05, 0.1) is 12.6 Å². The Morgan fingerprint density at radius 2 is 2.25 bits per heavy atom. The van der Waals surface area contributed by atoms with E-state index in [1.165, 1.54) is 0 Å². The number of H-pyrrole nitrogens is 1. The Balaban J connectivity index is 2.60. The Labute approximate surface area is 90.3 Å². The monoisotopic (exact) mass is 215 g/mol. The van der Waals surface area contributed by atoms with Gasteiger partial charge in [-0.2, -0.15) is 5.10 Å². The van der Waals surface area contributed by atoms with Crippen molar-refractivity contribution in [3.05, 3.63) is 40.9 Å². The highest BCUT2D eigenvalue weighted by Gasteiger charge is 2.08. The Hall–Kier alpha value is -2.30. The predicted molar refractivity (Wildman–Crippen MR) is 59.9 cm³/mol. The van der Waals surface area contributed by atoms with Gasteiger partial charge in [-0.1, -0.05) is 6.07 Å². The minimum atomic E-state index is -0.208. The Morgan fingerprint density at radius 1 is 1.38 bits per heavy atom. The first-order valence-corrected chi connectivity index (χ1v) is 4.83. The highest BCUT2D eigenvalue weighted by atomic mass is 16.5. The number of rotatable bonds is 1. The Morgan fingerprint density at radius 3 is 3.06 bits per heavy atom. The number of benzene rings is 1. The summed E-state index contributed by atoms with van der Waals surface area (Å²) < 4.78 is 7.00. The molecule has 0 radical (unpaired) electrons. The molecule has 0 amide bonds. The maximum absolute atomic E-state index is 11.6. The first kappa shape index (κ1) is 8.96. The van der Waals surface area contributed by atoms with Gasteiger partial charge in [-0.15, -0.1) is 0 Å². The molecular formula is C11H9N3O2. The van der Waals surface area contributed by atoms with Crippen LogP contribution in [0.25, 0.3) is 16.4 Å². The fourth-order valence-corrected chi connectivity index (χ4v) is 1.90. The summed E-state index contributed by atoms with van der Waals surface area (Å²) in [5.74, 6) is 0.751. The molecule has 0 saturated carbocycles. The lowest BCUT2D eigenvalue weighted by molar-refractivity contribution is 0.420. The second kappa shape index (κ2) is 3.10. The third-order valence-electron chi connectivity index (χ3n) is 2.64. The average Bonchev–Trinajstić information content (AvgIpc) is 2.69. The second-order valence-electron chi connectivity index (χ2n) is 3.48. The van der Waals surface area contributed by atoms with Gasteiger partial charge < -0.3 is 4.74 Å². The first-order chi connectivity index (χ1) is 7.81. The van der Waals surface area contributed by atoms with Crippen LogP contribution >= 0.6 is 0 Å². The molecule has 1 aromatic carbocycles. The molecule has 0 aliphatic carbocycles. The molecule has 80 valence electrons. The maximum atomic E-state index is 11.6. The molecule has 1 N–H and O–H groups in total. The molecule has 0 bridgehead atoms. The lowest BCUT2D eigenvalue weighted by Gasteiger charge is -2.00. The van der Waals surface area contributed by atoms with Crippen molar-refractivity contribution in [1.82, 2.24) is 14.6 Å². The van der Waals surface area contributed by atoms with Crippen LogP contribution in [0.3, 0.4) is 0 Å². The molecule has 5 heteroatoms. The van der Waals surface area contributed by atoms with Crippen molar-refractivity contribution in [2.75, 3.05) is 7.11 Å². The van der Waals surface area contributed by atoms with E-state index in [-0.39, 0.29) is 5.56 Å². The van der Waals surface area contributed by atoms with Crippen LogP contribution in [0.4, 0.5) is 0 Å². The van der Waals surface area contributed by atoms with Crippen LogP contribution in [0.1, 0.15) is 0 Å². The van der Waals surface area contributed by atoms with Gasteiger partial charge in [0, 0.05) is 5.39 Å². The number of methoxy groups -OCH3 is 1. The molecule has 0 saturated heterocycles. The summed E-state index contributed by atoms with van der Waals surface area (Å²) in [4.78, 5) is 11.6. The van der Waals surface area contributed by atoms with Crippen molar-refractivity contribution >= 4 is 16.4 Å². The van der Waals surface area contributed by atoms with E-state index in [0.717, 1.165) is 16.7 Å². The van der Waals surface area contributed by atoms with Gasteiger partial charge in [0.1, 0.15) is 17.6 Å². The standard InChI is InChI=1S/C11H9N3O2/c1-16-10-4-2-3-8-7(10)5-9-11(15)13-12-6-14(8)9/h2-6H,1H3,(H,13,15). The summed E-state index contributed by atoms with van der Waals surface area (Å²) in [7, 11) is 1.61. The minimum Gasteiger partial charge on any atom is -0.496 e. The van der Waals surface area contributed by atoms with Crippen molar-refractivity contribution in [2.45, 2.75) is 0 Å². The summed E-state index contributed by atoms with van der Waals surface area (Å²) in [5, 5.41) is 7.09. The van der Waals surface area contributed by atoms with E-state index in [1.807, 2.05) is 18.2 Å². The molecule has 3 rings (SSSR count). The van der Waals surface area contributed by atoms with Crippen LogP contribution in [0.5, 0.6) is 5.75 Å². The highest BCUT2D eigenvalue weighted by molar-refractivity contribution is 5.91. The van der Waals surface area contributed by atoms with Gasteiger partial charge >= 0.3 is 0 Å².